The maximum atomic E-state index is 12.1. The first-order valence-electron chi connectivity index (χ1n) is 9.65. The van der Waals surface area contributed by atoms with E-state index in [1.807, 2.05) is 30.3 Å². The maximum Gasteiger partial charge on any atom is 0.123 e. The van der Waals surface area contributed by atoms with Crippen LogP contribution in [0.3, 0.4) is 0 Å². The molecule has 2 aromatic rings. The molecule has 0 spiro atoms. The van der Waals surface area contributed by atoms with Crippen molar-refractivity contribution in [3.8, 4) is 11.5 Å². The molecular formula is C22H28FNO3. The standard InChI is InChI=1S/C22H28FNO3/c23-11-14-27-20-7-4-17(5-8-20)3-1-2-12-24-13-10-18-15-19(25)6-9-21(18)22(26)16-24/h4-9,15,22,25-26H,1-3,10-14,16H2. The average molecular weight is 373 g/mol. The van der Waals surface area contributed by atoms with E-state index < -0.39 is 12.8 Å². The monoisotopic (exact) mass is 373 g/mol. The lowest BCUT2D eigenvalue weighted by Crippen LogP contribution is -2.29. The highest BCUT2D eigenvalue weighted by Gasteiger charge is 2.21. The topological polar surface area (TPSA) is 52.9 Å². The molecule has 2 aromatic carbocycles. The van der Waals surface area contributed by atoms with E-state index in [1.54, 1.807) is 12.1 Å². The Balaban J connectivity index is 1.42. The number of phenols is 1. The Labute approximate surface area is 160 Å². The van der Waals surface area contributed by atoms with Crippen LogP contribution in [0.5, 0.6) is 11.5 Å². The number of fused-ring (bicyclic) bond motifs is 1. The minimum Gasteiger partial charge on any atom is -0.508 e. The summed E-state index contributed by atoms with van der Waals surface area (Å²) in [5.74, 6) is 0.969. The first-order chi connectivity index (χ1) is 13.2. The van der Waals surface area contributed by atoms with Crippen molar-refractivity contribution in [2.75, 3.05) is 32.9 Å². The number of nitrogens with zero attached hydrogens (tertiary/aromatic N) is 1. The normalized spacial score (nSPS) is 17.3. The number of rotatable bonds is 8. The maximum absolute atomic E-state index is 12.1. The SMILES string of the molecule is Oc1ccc2c(c1)CCN(CCCCc1ccc(OCCF)cc1)CC2O. The Hall–Kier alpha value is -2.11. The summed E-state index contributed by atoms with van der Waals surface area (Å²) in [4.78, 5) is 2.30. The zero-order valence-electron chi connectivity index (χ0n) is 15.6. The Morgan fingerprint density at radius 3 is 2.70 bits per heavy atom. The van der Waals surface area contributed by atoms with Crippen molar-refractivity contribution in [2.24, 2.45) is 0 Å². The molecule has 1 aliphatic rings. The average Bonchev–Trinajstić information content (AvgIpc) is 2.83. The lowest BCUT2D eigenvalue weighted by Gasteiger charge is -2.22. The van der Waals surface area contributed by atoms with E-state index in [0.717, 1.165) is 49.9 Å². The summed E-state index contributed by atoms with van der Waals surface area (Å²) in [6.45, 7) is 2.12. The lowest BCUT2D eigenvalue weighted by atomic mass is 10.0. The van der Waals surface area contributed by atoms with Gasteiger partial charge in [0, 0.05) is 13.1 Å². The van der Waals surface area contributed by atoms with Gasteiger partial charge in [0.25, 0.3) is 0 Å². The Morgan fingerprint density at radius 1 is 1.11 bits per heavy atom. The van der Waals surface area contributed by atoms with Gasteiger partial charge in [-0.05, 0) is 73.2 Å². The largest absolute Gasteiger partial charge is 0.508 e. The van der Waals surface area contributed by atoms with Gasteiger partial charge < -0.3 is 19.8 Å². The number of hydrogen-bond donors (Lipinski definition) is 2. The van der Waals surface area contributed by atoms with E-state index in [-0.39, 0.29) is 12.4 Å². The number of halogens is 1. The first kappa shape index (κ1) is 19.6. The first-order valence-corrected chi connectivity index (χ1v) is 9.65. The van der Waals surface area contributed by atoms with E-state index in [0.29, 0.717) is 12.3 Å². The Morgan fingerprint density at radius 2 is 1.93 bits per heavy atom. The van der Waals surface area contributed by atoms with Gasteiger partial charge in [-0.2, -0.15) is 0 Å². The molecule has 1 atom stereocenters. The van der Waals surface area contributed by atoms with Crippen molar-refractivity contribution in [1.29, 1.82) is 0 Å². The zero-order valence-corrected chi connectivity index (χ0v) is 15.6. The number of phenolic OH excluding ortho intramolecular Hbond substituents is 1. The molecule has 0 bridgehead atoms. The number of aliphatic hydroxyl groups excluding tert-OH is 1. The highest BCUT2D eigenvalue weighted by Crippen LogP contribution is 2.27. The second-order valence-electron chi connectivity index (χ2n) is 7.09. The van der Waals surface area contributed by atoms with E-state index in [2.05, 4.69) is 4.90 Å². The summed E-state index contributed by atoms with van der Waals surface area (Å²) in [6, 6.07) is 13.1. The summed E-state index contributed by atoms with van der Waals surface area (Å²) >= 11 is 0. The van der Waals surface area contributed by atoms with Gasteiger partial charge in [-0.25, -0.2) is 4.39 Å². The molecule has 4 nitrogen and oxygen atoms in total. The molecule has 0 aliphatic carbocycles. The predicted octanol–water partition coefficient (Wildman–Crippen LogP) is 3.65. The highest BCUT2D eigenvalue weighted by molar-refractivity contribution is 5.37. The molecule has 0 saturated heterocycles. The summed E-state index contributed by atoms with van der Waals surface area (Å²) < 4.78 is 17.4. The minimum atomic E-state index is -0.500. The number of β-amino-alcohol motifs (C(OH)–C–C–N with tert-alkyl or cyclic N) is 1. The highest BCUT2D eigenvalue weighted by atomic mass is 19.1. The number of unbranched alkanes of at least 4 members (excludes halogenated alkanes) is 1. The van der Waals surface area contributed by atoms with E-state index in [9.17, 15) is 14.6 Å². The molecule has 0 radical (unpaired) electrons. The molecule has 3 rings (SSSR count). The molecule has 1 aliphatic heterocycles. The van der Waals surface area contributed by atoms with Gasteiger partial charge in [-0.15, -0.1) is 0 Å². The van der Waals surface area contributed by atoms with E-state index >= 15 is 0 Å². The molecule has 0 fully saturated rings. The van der Waals surface area contributed by atoms with Crippen LogP contribution in [0, 0.1) is 0 Å². The quantitative estimate of drug-likeness (QED) is 0.694. The fraction of sp³-hybridized carbons (Fsp3) is 0.455. The number of alkyl halides is 1. The number of aromatic hydroxyl groups is 1. The summed E-state index contributed by atoms with van der Waals surface area (Å²) in [5.41, 5.74) is 3.23. The van der Waals surface area contributed by atoms with Gasteiger partial charge >= 0.3 is 0 Å². The van der Waals surface area contributed by atoms with Gasteiger partial charge in [0.1, 0.15) is 24.8 Å². The molecule has 2 N–H and O–H groups in total. The Bertz CT molecular complexity index is 720. The molecule has 0 aromatic heterocycles. The molecular weight excluding hydrogens is 345 g/mol. The van der Waals surface area contributed by atoms with E-state index in [4.69, 9.17) is 4.74 Å². The smallest absolute Gasteiger partial charge is 0.123 e. The molecule has 0 saturated carbocycles. The number of ether oxygens (including phenoxy) is 1. The van der Waals surface area contributed by atoms with Crippen molar-refractivity contribution >= 4 is 0 Å². The second-order valence-corrected chi connectivity index (χ2v) is 7.09. The third-order valence-corrected chi connectivity index (χ3v) is 5.07. The number of benzene rings is 2. The fourth-order valence-corrected chi connectivity index (χ4v) is 3.62. The van der Waals surface area contributed by atoms with Crippen molar-refractivity contribution in [1.82, 2.24) is 4.90 Å². The van der Waals surface area contributed by atoms with Gasteiger partial charge in [0.2, 0.25) is 0 Å². The lowest BCUT2D eigenvalue weighted by molar-refractivity contribution is 0.119. The summed E-state index contributed by atoms with van der Waals surface area (Å²) in [7, 11) is 0. The van der Waals surface area contributed by atoms with Crippen LogP contribution < -0.4 is 4.74 Å². The van der Waals surface area contributed by atoms with Gasteiger partial charge in [0.05, 0.1) is 6.10 Å². The zero-order chi connectivity index (χ0) is 19.1. The van der Waals surface area contributed by atoms with Gasteiger partial charge in [-0.3, -0.25) is 0 Å². The third-order valence-electron chi connectivity index (χ3n) is 5.07. The predicted molar refractivity (Wildman–Crippen MR) is 104 cm³/mol. The van der Waals surface area contributed by atoms with Crippen molar-refractivity contribution in [3.63, 3.8) is 0 Å². The summed E-state index contributed by atoms with van der Waals surface area (Å²) in [6.07, 6.45) is 3.48. The van der Waals surface area contributed by atoms with Crippen LogP contribution in [0.2, 0.25) is 0 Å². The number of hydrogen-bond acceptors (Lipinski definition) is 4. The summed E-state index contributed by atoms with van der Waals surface area (Å²) in [5, 5.41) is 20.1. The van der Waals surface area contributed by atoms with Crippen LogP contribution in [-0.2, 0) is 12.8 Å². The van der Waals surface area contributed by atoms with Crippen LogP contribution in [0.15, 0.2) is 42.5 Å². The van der Waals surface area contributed by atoms with Gasteiger partial charge in [0.15, 0.2) is 0 Å². The molecule has 5 heteroatoms. The second kappa shape index (κ2) is 9.72. The third kappa shape index (κ3) is 5.68. The molecule has 1 heterocycles. The van der Waals surface area contributed by atoms with Crippen molar-refractivity contribution in [3.05, 3.63) is 59.2 Å². The van der Waals surface area contributed by atoms with Crippen LogP contribution >= 0.6 is 0 Å². The minimum absolute atomic E-state index is 0.102. The number of aliphatic hydroxyl groups is 1. The van der Waals surface area contributed by atoms with Crippen LogP contribution in [-0.4, -0.2) is 48.0 Å². The van der Waals surface area contributed by atoms with Crippen molar-refractivity contribution in [2.45, 2.75) is 31.8 Å². The molecule has 0 amide bonds. The number of aryl methyl sites for hydroxylation is 1. The Kier molecular flexibility index (Phi) is 7.07. The van der Waals surface area contributed by atoms with Gasteiger partial charge in [-0.1, -0.05) is 18.2 Å². The molecule has 146 valence electrons. The van der Waals surface area contributed by atoms with Crippen LogP contribution in [0.1, 0.15) is 35.6 Å². The fourth-order valence-electron chi connectivity index (χ4n) is 3.62. The van der Waals surface area contributed by atoms with Crippen LogP contribution in [0.25, 0.3) is 0 Å². The molecule has 1 unspecified atom stereocenters. The van der Waals surface area contributed by atoms with E-state index in [1.165, 1.54) is 5.56 Å². The van der Waals surface area contributed by atoms with Crippen molar-refractivity contribution < 1.29 is 19.3 Å². The van der Waals surface area contributed by atoms with Crippen LogP contribution in [0.4, 0.5) is 4.39 Å². The molecule has 27 heavy (non-hydrogen) atoms.